The number of hydrogen-bond acceptors (Lipinski definition) is 3. The minimum absolute atomic E-state index is 0.385. The van der Waals surface area contributed by atoms with Gasteiger partial charge >= 0.3 is 0 Å². The smallest absolute Gasteiger partial charge is 0.0994 e. The summed E-state index contributed by atoms with van der Waals surface area (Å²) >= 11 is 2.06. The molecule has 0 atom stereocenters. The average Bonchev–Trinajstić information content (AvgIpc) is 2.50. The molecule has 1 aliphatic rings. The van der Waals surface area contributed by atoms with Crippen LogP contribution >= 0.6 is 11.8 Å². The summed E-state index contributed by atoms with van der Waals surface area (Å²) < 4.78 is 0.385. The molecule has 1 heterocycles. The maximum absolute atomic E-state index is 8.97. The van der Waals surface area contributed by atoms with Crippen molar-refractivity contribution >= 4 is 17.4 Å². The molecule has 0 amide bonds. The first-order valence-corrected chi connectivity index (χ1v) is 7.40. The van der Waals surface area contributed by atoms with Crippen molar-refractivity contribution in [3.63, 3.8) is 0 Å². The summed E-state index contributed by atoms with van der Waals surface area (Å²) in [5.41, 5.74) is 3.11. The van der Waals surface area contributed by atoms with E-state index in [4.69, 9.17) is 5.26 Å². The molecule has 1 fully saturated rings. The van der Waals surface area contributed by atoms with Crippen LogP contribution in [0.5, 0.6) is 0 Å². The summed E-state index contributed by atoms with van der Waals surface area (Å²) in [6, 6.07) is 8.38. The van der Waals surface area contributed by atoms with Gasteiger partial charge in [0.25, 0.3) is 0 Å². The number of benzene rings is 1. The Bertz CT molecular complexity index is 474. The molecule has 0 saturated carbocycles. The van der Waals surface area contributed by atoms with Crippen molar-refractivity contribution in [3.05, 3.63) is 29.3 Å². The zero-order valence-electron chi connectivity index (χ0n) is 11.4. The number of nitrogens with zero attached hydrogens (tertiary/aromatic N) is 2. The van der Waals surface area contributed by atoms with E-state index in [2.05, 4.69) is 48.7 Å². The fraction of sp³-hybridized carbons (Fsp3) is 0.533. The van der Waals surface area contributed by atoms with E-state index < -0.39 is 0 Å². The van der Waals surface area contributed by atoms with Gasteiger partial charge in [0.15, 0.2) is 0 Å². The molecule has 96 valence electrons. The number of aryl methyl sites for hydroxylation is 1. The Morgan fingerprint density at radius 2 is 2.11 bits per heavy atom. The second kappa shape index (κ2) is 5.24. The molecule has 0 aliphatic carbocycles. The second-order valence-electron chi connectivity index (χ2n) is 5.46. The molecule has 2 nitrogen and oxygen atoms in total. The van der Waals surface area contributed by atoms with Crippen LogP contribution in [0.2, 0.25) is 0 Å². The Hall–Kier alpha value is -1.14. The topological polar surface area (TPSA) is 27.0 Å². The lowest BCUT2D eigenvalue weighted by Crippen LogP contribution is -2.26. The third-order valence-electron chi connectivity index (χ3n) is 3.53. The molecule has 3 heteroatoms. The van der Waals surface area contributed by atoms with Gasteiger partial charge in [-0.05, 0) is 37.1 Å². The molecular weight excluding hydrogens is 240 g/mol. The summed E-state index contributed by atoms with van der Waals surface area (Å²) in [5, 5.41) is 8.97. The highest BCUT2D eigenvalue weighted by molar-refractivity contribution is 8.00. The fourth-order valence-electron chi connectivity index (χ4n) is 2.25. The maximum Gasteiger partial charge on any atom is 0.0994 e. The Balaban J connectivity index is 2.17. The molecule has 1 aromatic rings. The lowest BCUT2D eigenvalue weighted by Gasteiger charge is -2.24. The van der Waals surface area contributed by atoms with Crippen LogP contribution < -0.4 is 4.90 Å². The number of nitriles is 1. The molecule has 1 aromatic carbocycles. The molecule has 0 radical (unpaired) electrons. The lowest BCUT2D eigenvalue weighted by molar-refractivity contribution is 0.638. The average molecular weight is 260 g/mol. The van der Waals surface area contributed by atoms with E-state index in [9.17, 15) is 0 Å². The molecular formula is C15H20N2S. The second-order valence-corrected chi connectivity index (χ2v) is 7.26. The van der Waals surface area contributed by atoms with E-state index in [1.54, 1.807) is 0 Å². The van der Waals surface area contributed by atoms with Crippen molar-refractivity contribution in [1.29, 1.82) is 5.26 Å². The van der Waals surface area contributed by atoms with Gasteiger partial charge in [0.2, 0.25) is 0 Å². The summed E-state index contributed by atoms with van der Waals surface area (Å²) in [6.07, 6.45) is 1.21. The molecule has 1 saturated heterocycles. The van der Waals surface area contributed by atoms with Crippen molar-refractivity contribution in [2.45, 2.75) is 31.9 Å². The Morgan fingerprint density at radius 1 is 1.33 bits per heavy atom. The van der Waals surface area contributed by atoms with Gasteiger partial charge in [-0.15, -0.1) is 0 Å². The highest BCUT2D eigenvalue weighted by Gasteiger charge is 2.23. The molecule has 0 aromatic heterocycles. The number of hydrogen-bond donors (Lipinski definition) is 0. The van der Waals surface area contributed by atoms with Crippen LogP contribution in [0.4, 0.5) is 5.69 Å². The number of thioether (sulfide) groups is 1. The predicted molar refractivity (Wildman–Crippen MR) is 79.3 cm³/mol. The van der Waals surface area contributed by atoms with E-state index in [0.717, 1.165) is 24.2 Å². The van der Waals surface area contributed by atoms with Crippen LogP contribution in [0.15, 0.2) is 18.2 Å². The third kappa shape index (κ3) is 3.00. The first-order chi connectivity index (χ1) is 8.52. The van der Waals surface area contributed by atoms with Gasteiger partial charge in [0.1, 0.15) is 0 Å². The Morgan fingerprint density at radius 3 is 2.78 bits per heavy atom. The molecule has 1 aliphatic heterocycles. The zero-order valence-corrected chi connectivity index (χ0v) is 12.2. The van der Waals surface area contributed by atoms with Gasteiger partial charge in [-0.25, -0.2) is 0 Å². The van der Waals surface area contributed by atoms with Crippen LogP contribution in [0, 0.1) is 18.3 Å². The number of rotatable bonds is 1. The van der Waals surface area contributed by atoms with E-state index >= 15 is 0 Å². The largest absolute Gasteiger partial charge is 0.371 e. The fourth-order valence-corrected chi connectivity index (χ4v) is 3.35. The van der Waals surface area contributed by atoms with Crippen LogP contribution in [0.3, 0.4) is 0 Å². The zero-order chi connectivity index (χ0) is 13.2. The van der Waals surface area contributed by atoms with Crippen LogP contribution in [0.25, 0.3) is 0 Å². The molecule has 0 unspecified atom stereocenters. The highest BCUT2D eigenvalue weighted by Crippen LogP contribution is 2.32. The first kappa shape index (κ1) is 13.3. The van der Waals surface area contributed by atoms with Crippen molar-refractivity contribution in [2.24, 2.45) is 0 Å². The van der Waals surface area contributed by atoms with Crippen LogP contribution in [-0.2, 0) is 0 Å². The van der Waals surface area contributed by atoms with Crippen molar-refractivity contribution in [2.75, 3.05) is 23.7 Å². The maximum atomic E-state index is 8.97. The van der Waals surface area contributed by atoms with Gasteiger partial charge in [-0.3, -0.25) is 0 Å². The van der Waals surface area contributed by atoms with Crippen molar-refractivity contribution in [3.8, 4) is 6.07 Å². The Labute approximate surface area is 114 Å². The minimum atomic E-state index is 0.385. The van der Waals surface area contributed by atoms with Crippen LogP contribution in [-0.4, -0.2) is 23.6 Å². The summed E-state index contributed by atoms with van der Waals surface area (Å²) in [7, 11) is 0. The van der Waals surface area contributed by atoms with E-state index in [-0.39, 0.29) is 0 Å². The quantitative estimate of drug-likeness (QED) is 0.772. The van der Waals surface area contributed by atoms with Crippen molar-refractivity contribution in [1.82, 2.24) is 0 Å². The highest BCUT2D eigenvalue weighted by atomic mass is 32.2. The third-order valence-corrected chi connectivity index (χ3v) is 4.91. The van der Waals surface area contributed by atoms with Crippen LogP contribution in [0.1, 0.15) is 31.4 Å². The van der Waals surface area contributed by atoms with Gasteiger partial charge in [-0.2, -0.15) is 17.0 Å². The summed E-state index contributed by atoms with van der Waals surface area (Å²) in [5.74, 6) is 1.17. The molecule has 0 N–H and O–H groups in total. The lowest BCUT2D eigenvalue weighted by atomic mass is 10.1. The monoisotopic (exact) mass is 260 g/mol. The first-order valence-electron chi connectivity index (χ1n) is 6.41. The predicted octanol–water partition coefficient (Wildman–Crippen LogP) is 3.59. The summed E-state index contributed by atoms with van der Waals surface area (Å²) in [4.78, 5) is 2.44. The van der Waals surface area contributed by atoms with Gasteiger partial charge in [0.05, 0.1) is 11.6 Å². The summed E-state index contributed by atoms with van der Waals surface area (Å²) in [6.45, 7) is 8.86. The molecule has 18 heavy (non-hydrogen) atoms. The molecule has 2 rings (SSSR count). The van der Waals surface area contributed by atoms with E-state index in [1.165, 1.54) is 17.9 Å². The van der Waals surface area contributed by atoms with Gasteiger partial charge < -0.3 is 4.90 Å². The van der Waals surface area contributed by atoms with E-state index in [0.29, 0.717) is 4.75 Å². The standard InChI is InChI=1S/C15H20N2S/c1-12-10-14(5-4-13(12)11-16)17-7-6-15(2,3)18-9-8-17/h4-5,10H,6-9H2,1-3H3. The van der Waals surface area contributed by atoms with Crippen molar-refractivity contribution < 1.29 is 0 Å². The molecule has 0 spiro atoms. The Kier molecular flexibility index (Phi) is 3.87. The van der Waals surface area contributed by atoms with Gasteiger partial charge in [-0.1, -0.05) is 13.8 Å². The molecule has 0 bridgehead atoms. The SMILES string of the molecule is Cc1cc(N2CCSC(C)(C)CC2)ccc1C#N. The number of anilines is 1. The normalized spacial score (nSPS) is 19.1. The minimum Gasteiger partial charge on any atom is -0.371 e. The van der Waals surface area contributed by atoms with E-state index in [1.807, 2.05) is 13.0 Å². The van der Waals surface area contributed by atoms with Gasteiger partial charge in [0, 0.05) is 29.3 Å².